The second-order valence-electron chi connectivity index (χ2n) is 8.67. The number of carbonyl (C=O) groups excluding carboxylic acids is 1. The number of amides is 1. The topological polar surface area (TPSA) is 49.6 Å². The lowest BCUT2D eigenvalue weighted by molar-refractivity contribution is 0.0667. The molecule has 142 valence electrons. The largest absolute Gasteiger partial charge is 0.360 e. The molecule has 1 aromatic heterocycles. The van der Waals surface area contributed by atoms with E-state index in [1.807, 2.05) is 11.0 Å². The van der Waals surface area contributed by atoms with Gasteiger partial charge in [0.2, 0.25) is 0 Å². The third kappa shape index (κ3) is 3.53. The first-order chi connectivity index (χ1) is 13.2. The molecule has 0 N–H and O–H groups in total. The van der Waals surface area contributed by atoms with Crippen LogP contribution in [0.3, 0.4) is 0 Å². The number of carbonyl (C=O) groups is 1. The van der Waals surface area contributed by atoms with Crippen LogP contribution in [0.1, 0.15) is 59.8 Å². The Labute approximate surface area is 160 Å². The van der Waals surface area contributed by atoms with Crippen molar-refractivity contribution >= 4 is 5.91 Å². The van der Waals surface area contributed by atoms with E-state index in [0.717, 1.165) is 57.7 Å². The average Bonchev–Trinajstić information content (AvgIpc) is 3.28. The Hall–Kier alpha value is -2.14. The van der Waals surface area contributed by atoms with E-state index in [1.165, 1.54) is 18.4 Å². The van der Waals surface area contributed by atoms with Gasteiger partial charge in [-0.1, -0.05) is 35.5 Å². The SMILES string of the molecule is O=C(c1cc(C2CC2)on1)N1CC[C@@]2(CCCN(Cc3ccccc3)C2)C1. The van der Waals surface area contributed by atoms with Crippen LogP contribution in [0.5, 0.6) is 0 Å². The molecular weight excluding hydrogens is 338 g/mol. The Balaban J connectivity index is 1.23. The second-order valence-corrected chi connectivity index (χ2v) is 8.67. The molecule has 27 heavy (non-hydrogen) atoms. The highest BCUT2D eigenvalue weighted by Crippen LogP contribution is 2.41. The minimum Gasteiger partial charge on any atom is -0.360 e. The normalized spacial score (nSPS) is 26.0. The molecule has 0 unspecified atom stereocenters. The summed E-state index contributed by atoms with van der Waals surface area (Å²) < 4.78 is 5.38. The minimum atomic E-state index is 0.0442. The van der Waals surface area contributed by atoms with Crippen LogP contribution in [0.15, 0.2) is 40.9 Å². The van der Waals surface area contributed by atoms with E-state index in [1.54, 1.807) is 0 Å². The van der Waals surface area contributed by atoms with Gasteiger partial charge in [0, 0.05) is 43.6 Å². The van der Waals surface area contributed by atoms with Crippen molar-refractivity contribution in [3.8, 4) is 0 Å². The Bertz CT molecular complexity index is 814. The average molecular weight is 365 g/mol. The predicted octanol–water partition coefficient (Wildman–Crippen LogP) is 3.68. The zero-order valence-corrected chi connectivity index (χ0v) is 15.8. The molecule has 5 rings (SSSR count). The van der Waals surface area contributed by atoms with Crippen LogP contribution >= 0.6 is 0 Å². The number of benzene rings is 1. The van der Waals surface area contributed by atoms with Crippen molar-refractivity contribution in [3.63, 3.8) is 0 Å². The number of hydrogen-bond acceptors (Lipinski definition) is 4. The van der Waals surface area contributed by atoms with Crippen molar-refractivity contribution in [1.82, 2.24) is 15.0 Å². The summed E-state index contributed by atoms with van der Waals surface area (Å²) in [5.74, 6) is 1.43. The van der Waals surface area contributed by atoms with Crippen LogP contribution in [-0.4, -0.2) is 47.0 Å². The standard InChI is InChI=1S/C22H27N3O2/c26-21(19-13-20(27-23-19)18-7-8-18)25-12-10-22(16-25)9-4-11-24(15-22)14-17-5-2-1-3-6-17/h1-3,5-6,13,18H,4,7-12,14-16H2/t22-/m1/s1. The fraction of sp³-hybridized carbons (Fsp3) is 0.545. The summed E-state index contributed by atoms with van der Waals surface area (Å²) in [5.41, 5.74) is 2.10. The lowest BCUT2D eigenvalue weighted by Gasteiger charge is -2.40. The summed E-state index contributed by atoms with van der Waals surface area (Å²) >= 11 is 0. The van der Waals surface area contributed by atoms with Gasteiger partial charge >= 0.3 is 0 Å². The van der Waals surface area contributed by atoms with Crippen molar-refractivity contribution < 1.29 is 9.32 Å². The molecule has 0 radical (unpaired) electrons. The zero-order valence-electron chi connectivity index (χ0n) is 15.8. The van der Waals surface area contributed by atoms with Gasteiger partial charge in [0.1, 0.15) is 5.76 Å². The highest BCUT2D eigenvalue weighted by molar-refractivity contribution is 5.92. The number of likely N-dealkylation sites (tertiary alicyclic amines) is 2. The fourth-order valence-electron chi connectivity index (χ4n) is 4.84. The molecule has 1 amide bonds. The maximum Gasteiger partial charge on any atom is 0.276 e. The molecule has 5 nitrogen and oxygen atoms in total. The highest BCUT2D eigenvalue weighted by Gasteiger charge is 2.43. The number of hydrogen-bond donors (Lipinski definition) is 0. The number of piperidine rings is 1. The lowest BCUT2D eigenvalue weighted by atomic mass is 9.79. The molecule has 1 aromatic carbocycles. The van der Waals surface area contributed by atoms with Gasteiger partial charge in [-0.05, 0) is 44.2 Å². The molecule has 1 atom stereocenters. The maximum atomic E-state index is 12.9. The molecule has 3 fully saturated rings. The summed E-state index contributed by atoms with van der Waals surface area (Å²) in [4.78, 5) is 17.5. The fourth-order valence-corrected chi connectivity index (χ4v) is 4.84. The zero-order chi connectivity index (χ0) is 18.3. The third-order valence-electron chi connectivity index (χ3n) is 6.44. The van der Waals surface area contributed by atoms with E-state index in [2.05, 4.69) is 40.4 Å². The summed E-state index contributed by atoms with van der Waals surface area (Å²) in [6.07, 6.45) is 5.84. The van der Waals surface area contributed by atoms with E-state index in [4.69, 9.17) is 4.52 Å². The van der Waals surface area contributed by atoms with Crippen molar-refractivity contribution in [3.05, 3.63) is 53.4 Å². The summed E-state index contributed by atoms with van der Waals surface area (Å²) in [6, 6.07) is 12.6. The smallest absolute Gasteiger partial charge is 0.276 e. The number of nitrogens with zero attached hydrogens (tertiary/aromatic N) is 3. The van der Waals surface area contributed by atoms with Gasteiger partial charge in [0.25, 0.3) is 5.91 Å². The first-order valence-corrected chi connectivity index (χ1v) is 10.2. The van der Waals surface area contributed by atoms with Crippen LogP contribution < -0.4 is 0 Å². The Morgan fingerprint density at radius 1 is 1.15 bits per heavy atom. The molecule has 1 aliphatic carbocycles. The second kappa shape index (κ2) is 6.79. The van der Waals surface area contributed by atoms with Gasteiger partial charge in [-0.15, -0.1) is 0 Å². The molecule has 1 saturated carbocycles. The predicted molar refractivity (Wildman–Crippen MR) is 102 cm³/mol. The maximum absolute atomic E-state index is 12.9. The van der Waals surface area contributed by atoms with Crippen molar-refractivity contribution in [2.45, 2.75) is 44.6 Å². The number of aromatic nitrogens is 1. The third-order valence-corrected chi connectivity index (χ3v) is 6.44. The van der Waals surface area contributed by atoms with E-state index in [9.17, 15) is 4.79 Å². The first kappa shape index (κ1) is 17.0. The van der Waals surface area contributed by atoms with Crippen molar-refractivity contribution in [1.29, 1.82) is 0 Å². The van der Waals surface area contributed by atoms with Gasteiger partial charge in [-0.2, -0.15) is 0 Å². The Morgan fingerprint density at radius 2 is 2.00 bits per heavy atom. The molecule has 0 bridgehead atoms. The summed E-state index contributed by atoms with van der Waals surface area (Å²) in [5, 5.41) is 4.05. The Kier molecular flexibility index (Phi) is 4.27. The van der Waals surface area contributed by atoms with Crippen LogP contribution in [0, 0.1) is 5.41 Å². The van der Waals surface area contributed by atoms with Gasteiger partial charge in [0.05, 0.1) is 0 Å². The highest BCUT2D eigenvalue weighted by atomic mass is 16.5. The van der Waals surface area contributed by atoms with E-state index >= 15 is 0 Å². The molecule has 2 aromatic rings. The van der Waals surface area contributed by atoms with E-state index < -0.39 is 0 Å². The monoisotopic (exact) mass is 365 g/mol. The van der Waals surface area contributed by atoms with Gasteiger partial charge in [0.15, 0.2) is 5.69 Å². The quantitative estimate of drug-likeness (QED) is 0.829. The molecular formula is C22H27N3O2. The Morgan fingerprint density at radius 3 is 2.81 bits per heavy atom. The van der Waals surface area contributed by atoms with Crippen molar-refractivity contribution in [2.75, 3.05) is 26.2 Å². The van der Waals surface area contributed by atoms with E-state index in [-0.39, 0.29) is 11.3 Å². The molecule has 1 spiro atoms. The number of rotatable bonds is 4. The van der Waals surface area contributed by atoms with Gasteiger partial charge < -0.3 is 9.42 Å². The molecule has 2 aliphatic heterocycles. The molecule has 5 heteroatoms. The van der Waals surface area contributed by atoms with Crippen LogP contribution in [0.25, 0.3) is 0 Å². The molecule has 3 heterocycles. The molecule has 2 saturated heterocycles. The summed E-state index contributed by atoms with van der Waals surface area (Å²) in [7, 11) is 0. The van der Waals surface area contributed by atoms with Gasteiger partial charge in [-0.3, -0.25) is 9.69 Å². The minimum absolute atomic E-state index is 0.0442. The van der Waals surface area contributed by atoms with Crippen LogP contribution in [0.4, 0.5) is 0 Å². The van der Waals surface area contributed by atoms with Crippen LogP contribution in [-0.2, 0) is 6.54 Å². The first-order valence-electron chi connectivity index (χ1n) is 10.2. The van der Waals surface area contributed by atoms with Crippen molar-refractivity contribution in [2.24, 2.45) is 5.41 Å². The van der Waals surface area contributed by atoms with Gasteiger partial charge in [-0.25, -0.2) is 0 Å². The summed E-state index contributed by atoms with van der Waals surface area (Å²) in [6.45, 7) is 4.92. The molecule has 3 aliphatic rings. The van der Waals surface area contributed by atoms with Crippen LogP contribution in [0.2, 0.25) is 0 Å². The lowest BCUT2D eigenvalue weighted by Crippen LogP contribution is -2.45. The van der Waals surface area contributed by atoms with E-state index in [0.29, 0.717) is 11.6 Å².